The Bertz CT molecular complexity index is 1280. The monoisotopic (exact) mass is 436 g/mol. The maximum Gasteiger partial charge on any atom is 0.254 e. The number of amides is 1. The number of nitrogens with zero attached hydrogens (tertiary/aromatic N) is 4. The van der Waals surface area contributed by atoms with Gasteiger partial charge < -0.3 is 9.42 Å². The molecule has 5 rings (SSSR count). The number of para-hydroxylation sites is 1. The lowest BCUT2D eigenvalue weighted by Gasteiger charge is -2.31. The zero-order valence-electron chi connectivity index (χ0n) is 16.5. The second-order valence-electron chi connectivity index (χ2n) is 7.57. The summed E-state index contributed by atoms with van der Waals surface area (Å²) >= 11 is 6.16. The highest BCUT2D eigenvalue weighted by atomic mass is 35.5. The summed E-state index contributed by atoms with van der Waals surface area (Å²) in [7, 11) is 0. The Hall–Kier alpha value is -3.32. The number of aromatic nitrogens is 3. The minimum absolute atomic E-state index is 0.0870. The first-order chi connectivity index (χ1) is 15.1. The number of piperidine rings is 1. The molecule has 31 heavy (non-hydrogen) atoms. The summed E-state index contributed by atoms with van der Waals surface area (Å²) in [5, 5.41) is 5.05. The van der Waals surface area contributed by atoms with Crippen LogP contribution in [0.15, 0.2) is 59.1 Å². The summed E-state index contributed by atoms with van der Waals surface area (Å²) in [6.45, 7) is 1.09. The lowest BCUT2D eigenvalue weighted by molar-refractivity contribution is 0.0697. The molecule has 1 fully saturated rings. The molecule has 0 bridgehead atoms. The van der Waals surface area contributed by atoms with Gasteiger partial charge in [0.25, 0.3) is 5.91 Å². The van der Waals surface area contributed by atoms with E-state index in [0.717, 1.165) is 18.2 Å². The first-order valence-electron chi connectivity index (χ1n) is 10.0. The van der Waals surface area contributed by atoms with Crippen LogP contribution in [0.5, 0.6) is 0 Å². The Labute approximate surface area is 182 Å². The highest BCUT2D eigenvalue weighted by molar-refractivity contribution is 6.30. The van der Waals surface area contributed by atoms with Crippen LogP contribution in [-0.2, 0) is 0 Å². The molecule has 1 aliphatic heterocycles. The van der Waals surface area contributed by atoms with E-state index in [2.05, 4.69) is 15.1 Å². The van der Waals surface area contributed by atoms with Gasteiger partial charge in [-0.1, -0.05) is 47.1 Å². The van der Waals surface area contributed by atoms with E-state index in [4.69, 9.17) is 16.1 Å². The molecule has 6 nitrogen and oxygen atoms in total. The number of pyridine rings is 1. The lowest BCUT2D eigenvalue weighted by Crippen LogP contribution is -2.39. The minimum atomic E-state index is -0.360. The third-order valence-corrected chi connectivity index (χ3v) is 5.69. The number of halogens is 2. The normalized spacial score (nSPS) is 16.6. The fraction of sp³-hybridized carbons (Fsp3) is 0.217. The smallest absolute Gasteiger partial charge is 0.254 e. The molecule has 0 N–H and O–H groups in total. The topological polar surface area (TPSA) is 72.1 Å². The van der Waals surface area contributed by atoms with Crippen molar-refractivity contribution in [3.63, 3.8) is 0 Å². The Morgan fingerprint density at radius 2 is 2.00 bits per heavy atom. The summed E-state index contributed by atoms with van der Waals surface area (Å²) in [6.07, 6.45) is 1.64. The van der Waals surface area contributed by atoms with Gasteiger partial charge in [0.05, 0.1) is 17.0 Å². The van der Waals surface area contributed by atoms with Crippen LogP contribution in [0, 0.1) is 5.82 Å². The first kappa shape index (κ1) is 19.6. The fourth-order valence-corrected chi connectivity index (χ4v) is 4.20. The Morgan fingerprint density at radius 3 is 2.87 bits per heavy atom. The minimum Gasteiger partial charge on any atom is -0.339 e. The molecule has 2 aromatic carbocycles. The number of rotatable bonds is 3. The molecule has 1 atom stereocenters. The van der Waals surface area contributed by atoms with Crippen LogP contribution in [0.3, 0.4) is 0 Å². The average Bonchev–Trinajstić information content (AvgIpc) is 3.29. The number of benzene rings is 2. The van der Waals surface area contributed by atoms with Gasteiger partial charge >= 0.3 is 0 Å². The lowest BCUT2D eigenvalue weighted by atomic mass is 9.97. The van der Waals surface area contributed by atoms with Crippen molar-refractivity contribution < 1.29 is 13.7 Å². The van der Waals surface area contributed by atoms with Crippen LogP contribution in [0.2, 0.25) is 5.15 Å². The van der Waals surface area contributed by atoms with Crippen LogP contribution in [0.4, 0.5) is 4.39 Å². The number of hydrogen-bond acceptors (Lipinski definition) is 5. The van der Waals surface area contributed by atoms with Crippen molar-refractivity contribution in [1.29, 1.82) is 0 Å². The van der Waals surface area contributed by atoms with Gasteiger partial charge in [0.2, 0.25) is 11.7 Å². The van der Waals surface area contributed by atoms with E-state index in [1.807, 2.05) is 24.3 Å². The van der Waals surface area contributed by atoms with Crippen molar-refractivity contribution in [3.8, 4) is 11.4 Å². The van der Waals surface area contributed by atoms with Gasteiger partial charge in [-0.2, -0.15) is 4.98 Å². The number of carbonyl (C=O) groups is 1. The standard InChI is InChI=1S/C23H18ClFN4O2/c24-20-12-18(17-8-1-2-9-19(17)26-20)23(30)29-10-4-6-15(13-29)22-27-21(28-31-22)14-5-3-7-16(25)11-14/h1-3,5,7-9,11-12,15H,4,6,10,13H2. The summed E-state index contributed by atoms with van der Waals surface area (Å²) in [5.41, 5.74) is 1.77. The molecule has 0 spiro atoms. The molecule has 4 aromatic rings. The largest absolute Gasteiger partial charge is 0.339 e. The maximum atomic E-state index is 13.5. The summed E-state index contributed by atoms with van der Waals surface area (Å²) in [5.74, 6) is 0.243. The SMILES string of the molecule is O=C(c1cc(Cl)nc2ccccc12)N1CCCC(c2nc(-c3cccc(F)c3)no2)C1. The fourth-order valence-electron chi connectivity index (χ4n) is 4.00. The van der Waals surface area contributed by atoms with E-state index in [0.29, 0.717) is 41.4 Å². The van der Waals surface area contributed by atoms with Crippen molar-refractivity contribution in [3.05, 3.63) is 77.0 Å². The van der Waals surface area contributed by atoms with Gasteiger partial charge in [-0.05, 0) is 37.1 Å². The van der Waals surface area contributed by atoms with E-state index >= 15 is 0 Å². The van der Waals surface area contributed by atoms with Gasteiger partial charge in [-0.25, -0.2) is 9.37 Å². The average molecular weight is 437 g/mol. The first-order valence-corrected chi connectivity index (χ1v) is 10.4. The third kappa shape index (κ3) is 3.88. The van der Waals surface area contributed by atoms with Crippen LogP contribution >= 0.6 is 11.6 Å². The molecule has 0 saturated carbocycles. The number of fused-ring (bicyclic) bond motifs is 1. The molecule has 156 valence electrons. The van der Waals surface area contributed by atoms with Gasteiger partial charge in [0, 0.05) is 24.0 Å². The van der Waals surface area contributed by atoms with E-state index in [-0.39, 0.29) is 22.8 Å². The molecule has 2 aromatic heterocycles. The zero-order chi connectivity index (χ0) is 21.4. The van der Waals surface area contributed by atoms with Crippen LogP contribution in [0.1, 0.15) is 35.0 Å². The number of likely N-dealkylation sites (tertiary alicyclic amines) is 1. The number of hydrogen-bond donors (Lipinski definition) is 0. The second-order valence-corrected chi connectivity index (χ2v) is 7.95. The predicted octanol–water partition coefficient (Wildman–Crippen LogP) is 5.10. The van der Waals surface area contributed by atoms with Crippen molar-refractivity contribution in [2.75, 3.05) is 13.1 Å². The van der Waals surface area contributed by atoms with E-state index < -0.39 is 0 Å². The van der Waals surface area contributed by atoms with Crippen LogP contribution in [-0.4, -0.2) is 39.0 Å². The zero-order valence-corrected chi connectivity index (χ0v) is 17.2. The molecular formula is C23H18ClFN4O2. The molecule has 0 aliphatic carbocycles. The van der Waals surface area contributed by atoms with Crippen LogP contribution in [0.25, 0.3) is 22.3 Å². The van der Waals surface area contributed by atoms with Crippen molar-refractivity contribution >= 4 is 28.4 Å². The van der Waals surface area contributed by atoms with Gasteiger partial charge in [0.15, 0.2) is 0 Å². The Morgan fingerprint density at radius 1 is 1.13 bits per heavy atom. The molecule has 0 radical (unpaired) electrons. The third-order valence-electron chi connectivity index (χ3n) is 5.50. The van der Waals surface area contributed by atoms with Gasteiger partial charge in [-0.15, -0.1) is 0 Å². The quantitative estimate of drug-likeness (QED) is 0.418. The second kappa shape index (κ2) is 8.07. The molecule has 3 heterocycles. The Balaban J connectivity index is 1.40. The van der Waals surface area contributed by atoms with Crippen molar-refractivity contribution in [1.82, 2.24) is 20.0 Å². The van der Waals surface area contributed by atoms with Gasteiger partial charge in [0.1, 0.15) is 11.0 Å². The predicted molar refractivity (Wildman–Crippen MR) is 114 cm³/mol. The molecule has 1 unspecified atom stereocenters. The Kier molecular flexibility index (Phi) is 5.11. The maximum absolute atomic E-state index is 13.5. The summed E-state index contributed by atoms with van der Waals surface area (Å²) in [6, 6.07) is 15.1. The van der Waals surface area contributed by atoms with E-state index in [1.165, 1.54) is 12.1 Å². The molecule has 1 aliphatic rings. The van der Waals surface area contributed by atoms with Crippen molar-refractivity contribution in [2.45, 2.75) is 18.8 Å². The summed E-state index contributed by atoms with van der Waals surface area (Å²) in [4.78, 5) is 23.9. The highest BCUT2D eigenvalue weighted by Crippen LogP contribution is 2.30. The number of carbonyl (C=O) groups excluding carboxylic acids is 1. The van der Waals surface area contributed by atoms with E-state index in [1.54, 1.807) is 23.1 Å². The van der Waals surface area contributed by atoms with Gasteiger partial charge in [-0.3, -0.25) is 4.79 Å². The molecule has 8 heteroatoms. The molecular weight excluding hydrogens is 419 g/mol. The van der Waals surface area contributed by atoms with E-state index in [9.17, 15) is 9.18 Å². The van der Waals surface area contributed by atoms with Crippen LogP contribution < -0.4 is 0 Å². The summed E-state index contributed by atoms with van der Waals surface area (Å²) < 4.78 is 19.0. The van der Waals surface area contributed by atoms with Crippen molar-refractivity contribution in [2.24, 2.45) is 0 Å². The highest BCUT2D eigenvalue weighted by Gasteiger charge is 2.30. The molecule has 1 amide bonds. The molecule has 1 saturated heterocycles.